The van der Waals surface area contributed by atoms with Gasteiger partial charge in [-0.2, -0.15) is 13.2 Å². The molecule has 2 aromatic heterocycles. The molecule has 0 amide bonds. The number of hydrogen-bond acceptors (Lipinski definition) is 5. The predicted molar refractivity (Wildman–Crippen MR) is 71.9 cm³/mol. The lowest BCUT2D eigenvalue weighted by Gasteiger charge is -2.15. The maximum Gasteiger partial charge on any atom is 0.451 e. The number of alkyl halides is 3. The maximum atomic E-state index is 12.8. The van der Waals surface area contributed by atoms with Crippen LogP contribution in [-0.2, 0) is 6.18 Å². The van der Waals surface area contributed by atoms with Crippen molar-refractivity contribution < 1.29 is 17.6 Å². The summed E-state index contributed by atoms with van der Waals surface area (Å²) in [6.45, 7) is 4.00. The minimum Gasteiger partial charge on any atom is -0.467 e. The molecule has 0 fully saturated rings. The van der Waals surface area contributed by atoms with Gasteiger partial charge in [0.15, 0.2) is 0 Å². The first-order chi connectivity index (χ1) is 9.90. The van der Waals surface area contributed by atoms with Gasteiger partial charge in [0.25, 0.3) is 0 Å². The molecule has 2 rings (SSSR count). The number of anilines is 2. The third-order valence-corrected chi connectivity index (χ3v) is 2.67. The van der Waals surface area contributed by atoms with E-state index in [1.54, 1.807) is 26.0 Å². The Balaban J connectivity index is 2.27. The van der Waals surface area contributed by atoms with Gasteiger partial charge in [-0.3, -0.25) is 0 Å². The van der Waals surface area contributed by atoms with E-state index in [1.165, 1.54) is 12.3 Å². The van der Waals surface area contributed by atoms with Crippen LogP contribution in [0.4, 0.5) is 24.8 Å². The van der Waals surface area contributed by atoms with Gasteiger partial charge < -0.3 is 15.1 Å². The summed E-state index contributed by atoms with van der Waals surface area (Å²) >= 11 is 0. The molecule has 0 saturated carbocycles. The largest absolute Gasteiger partial charge is 0.467 e. The highest BCUT2D eigenvalue weighted by atomic mass is 19.4. The quantitative estimate of drug-likeness (QED) is 0.881. The minimum absolute atomic E-state index is 0.0807. The lowest BCUT2D eigenvalue weighted by Crippen LogP contribution is -2.16. The van der Waals surface area contributed by atoms with E-state index in [0.29, 0.717) is 12.3 Å². The lowest BCUT2D eigenvalue weighted by atomic mass is 10.2. The van der Waals surface area contributed by atoms with Crippen LogP contribution in [0.5, 0.6) is 0 Å². The fourth-order valence-electron chi connectivity index (χ4n) is 1.75. The van der Waals surface area contributed by atoms with Crippen LogP contribution in [0.3, 0.4) is 0 Å². The summed E-state index contributed by atoms with van der Waals surface area (Å²) in [4.78, 5) is 6.96. The first-order valence-electron chi connectivity index (χ1n) is 6.40. The molecule has 0 aliphatic carbocycles. The van der Waals surface area contributed by atoms with Crippen molar-refractivity contribution in [3.05, 3.63) is 36.0 Å². The Morgan fingerprint density at radius 3 is 2.57 bits per heavy atom. The van der Waals surface area contributed by atoms with Gasteiger partial charge >= 0.3 is 6.18 Å². The monoisotopic (exact) mass is 300 g/mol. The van der Waals surface area contributed by atoms with Crippen molar-refractivity contribution in [2.24, 2.45) is 0 Å². The molecule has 0 bridgehead atoms. The van der Waals surface area contributed by atoms with Crippen molar-refractivity contribution in [1.29, 1.82) is 0 Å². The Labute approximate surface area is 119 Å². The first-order valence-corrected chi connectivity index (χ1v) is 6.40. The summed E-state index contributed by atoms with van der Waals surface area (Å²) in [5.74, 6) is -0.381. The van der Waals surface area contributed by atoms with Gasteiger partial charge in [-0.15, -0.1) is 0 Å². The highest BCUT2D eigenvalue weighted by Gasteiger charge is 2.35. The Hall–Kier alpha value is -2.25. The molecule has 0 aromatic carbocycles. The third kappa shape index (κ3) is 3.87. The van der Waals surface area contributed by atoms with Crippen LogP contribution in [0.1, 0.15) is 31.5 Å². The van der Waals surface area contributed by atoms with E-state index < -0.39 is 12.0 Å². The molecule has 8 heteroatoms. The molecule has 2 aromatic rings. The Bertz CT molecular complexity index is 584. The van der Waals surface area contributed by atoms with Gasteiger partial charge in [-0.05, 0) is 26.0 Å². The van der Waals surface area contributed by atoms with Crippen LogP contribution in [-0.4, -0.2) is 16.5 Å². The highest BCUT2D eigenvalue weighted by molar-refractivity contribution is 5.48. The molecule has 0 spiro atoms. The van der Waals surface area contributed by atoms with Crippen molar-refractivity contribution in [1.82, 2.24) is 9.97 Å². The average molecular weight is 300 g/mol. The van der Waals surface area contributed by atoms with Gasteiger partial charge in [0, 0.05) is 12.6 Å². The summed E-state index contributed by atoms with van der Waals surface area (Å²) in [7, 11) is 0. The van der Waals surface area contributed by atoms with E-state index in [0.717, 1.165) is 0 Å². The zero-order valence-corrected chi connectivity index (χ0v) is 11.5. The molecule has 0 saturated heterocycles. The zero-order valence-electron chi connectivity index (χ0n) is 11.5. The fraction of sp³-hybridized carbons (Fsp3) is 0.385. The van der Waals surface area contributed by atoms with Gasteiger partial charge in [0.1, 0.15) is 17.4 Å². The number of nitrogens with one attached hydrogen (secondary N) is 2. The molecule has 0 radical (unpaired) electrons. The summed E-state index contributed by atoms with van der Waals surface area (Å²) in [6, 6.07) is 4.55. The second-order valence-electron chi connectivity index (χ2n) is 4.37. The maximum absolute atomic E-state index is 12.8. The zero-order chi connectivity index (χ0) is 15.5. The summed E-state index contributed by atoms with van der Waals surface area (Å²) < 4.78 is 43.6. The molecular formula is C13H15F3N4O. The summed E-state index contributed by atoms with van der Waals surface area (Å²) in [5.41, 5.74) is 0. The molecule has 1 unspecified atom stereocenters. The number of furan rings is 1. The van der Waals surface area contributed by atoms with E-state index >= 15 is 0 Å². The number of nitrogens with zero attached hydrogens (tertiary/aromatic N) is 2. The van der Waals surface area contributed by atoms with Crippen LogP contribution in [0, 0.1) is 0 Å². The molecule has 114 valence electrons. The lowest BCUT2D eigenvalue weighted by molar-refractivity contribution is -0.144. The molecule has 2 N–H and O–H groups in total. The summed E-state index contributed by atoms with van der Waals surface area (Å²) in [5, 5.41) is 5.62. The molecule has 2 heterocycles. The summed E-state index contributed by atoms with van der Waals surface area (Å²) in [6.07, 6.45) is -3.10. The molecule has 5 nitrogen and oxygen atoms in total. The second-order valence-corrected chi connectivity index (χ2v) is 4.37. The van der Waals surface area contributed by atoms with E-state index in [9.17, 15) is 13.2 Å². The molecule has 21 heavy (non-hydrogen) atoms. The van der Waals surface area contributed by atoms with Crippen LogP contribution in [0.15, 0.2) is 28.9 Å². The van der Waals surface area contributed by atoms with E-state index in [1.807, 2.05) is 0 Å². The Morgan fingerprint density at radius 1 is 1.29 bits per heavy atom. The number of rotatable bonds is 5. The normalized spacial score (nSPS) is 13.0. The van der Waals surface area contributed by atoms with Crippen molar-refractivity contribution in [2.45, 2.75) is 26.1 Å². The number of hydrogen-bond donors (Lipinski definition) is 2. The van der Waals surface area contributed by atoms with Crippen molar-refractivity contribution >= 4 is 11.6 Å². The molecular weight excluding hydrogens is 285 g/mol. The van der Waals surface area contributed by atoms with E-state index in [2.05, 4.69) is 20.6 Å². The van der Waals surface area contributed by atoms with Crippen molar-refractivity contribution in [3.8, 4) is 0 Å². The average Bonchev–Trinajstić information content (AvgIpc) is 2.91. The van der Waals surface area contributed by atoms with Crippen molar-refractivity contribution in [2.75, 3.05) is 17.2 Å². The Kier molecular flexibility index (Phi) is 4.35. The third-order valence-electron chi connectivity index (χ3n) is 2.67. The second kappa shape index (κ2) is 6.02. The smallest absolute Gasteiger partial charge is 0.451 e. The molecule has 1 atom stereocenters. The van der Waals surface area contributed by atoms with Crippen molar-refractivity contribution in [3.63, 3.8) is 0 Å². The molecule has 0 aliphatic heterocycles. The first kappa shape index (κ1) is 15.1. The fourth-order valence-corrected chi connectivity index (χ4v) is 1.75. The molecule has 0 aliphatic rings. The minimum atomic E-state index is -4.60. The van der Waals surface area contributed by atoms with Gasteiger partial charge in [-0.25, -0.2) is 9.97 Å². The predicted octanol–water partition coefficient (Wildman–Crippen LogP) is 3.69. The van der Waals surface area contributed by atoms with Gasteiger partial charge in [0.2, 0.25) is 5.82 Å². The highest BCUT2D eigenvalue weighted by Crippen LogP contribution is 2.29. The van der Waals surface area contributed by atoms with E-state index in [-0.39, 0.29) is 17.7 Å². The Morgan fingerprint density at radius 2 is 2.00 bits per heavy atom. The number of aromatic nitrogens is 2. The van der Waals surface area contributed by atoms with Crippen LogP contribution < -0.4 is 10.6 Å². The van der Waals surface area contributed by atoms with Gasteiger partial charge in [0.05, 0.1) is 12.3 Å². The van der Waals surface area contributed by atoms with Gasteiger partial charge in [-0.1, -0.05) is 0 Å². The topological polar surface area (TPSA) is 63.0 Å². The van der Waals surface area contributed by atoms with Crippen LogP contribution >= 0.6 is 0 Å². The SMILES string of the molecule is CCNc1cc(NC(C)c2ccco2)nc(C(F)(F)F)n1. The van der Waals surface area contributed by atoms with Crippen LogP contribution in [0.25, 0.3) is 0 Å². The number of halogens is 3. The van der Waals surface area contributed by atoms with Crippen LogP contribution in [0.2, 0.25) is 0 Å². The van der Waals surface area contributed by atoms with E-state index in [4.69, 9.17) is 4.42 Å². The standard InChI is InChI=1S/C13H15F3N4O/c1-3-17-10-7-11(20-12(19-10)13(14,15)16)18-8(2)9-5-4-6-21-9/h4-8H,3H2,1-2H3,(H2,17,18,19,20).